The highest BCUT2D eigenvalue weighted by Gasteiger charge is 1.96. The van der Waals surface area contributed by atoms with Crippen LogP contribution in [0.5, 0.6) is 0 Å². The average molecular weight is 229 g/mol. The van der Waals surface area contributed by atoms with Crippen LogP contribution in [0, 0.1) is 0 Å². The highest BCUT2D eigenvalue weighted by atomic mass is 16.1. The molecule has 0 aromatic heterocycles. The molecule has 0 aliphatic carbocycles. The Kier molecular flexibility index (Phi) is 5.80. The Morgan fingerprint density at radius 2 is 1.94 bits per heavy atom. The predicted octanol–water partition coefficient (Wildman–Crippen LogP) is 3.22. The van der Waals surface area contributed by atoms with Gasteiger partial charge in [0, 0.05) is 12.6 Å². The molecule has 1 rings (SSSR count). The fourth-order valence-corrected chi connectivity index (χ4v) is 1.44. The largest absolute Gasteiger partial charge is 0.348 e. The molecule has 0 atom stereocenters. The summed E-state index contributed by atoms with van der Waals surface area (Å²) in [5.74, 6) is -0.0540. The second-order valence-corrected chi connectivity index (χ2v) is 3.75. The van der Waals surface area contributed by atoms with Gasteiger partial charge in [-0.2, -0.15) is 0 Å². The van der Waals surface area contributed by atoms with Crippen LogP contribution in [0.4, 0.5) is 0 Å². The third kappa shape index (κ3) is 5.16. The van der Waals surface area contributed by atoms with Gasteiger partial charge >= 0.3 is 0 Å². The van der Waals surface area contributed by atoms with Gasteiger partial charge in [-0.1, -0.05) is 55.0 Å². The van der Waals surface area contributed by atoms with E-state index in [9.17, 15) is 4.79 Å². The molecule has 2 heteroatoms. The van der Waals surface area contributed by atoms with E-state index < -0.39 is 0 Å². The standard InChI is InChI=1S/C15H19NO/c1-3-13(4-2)10-11-15(17)16-12-14-8-6-5-7-9-14/h3,5-11H,4,12H2,1-2H3,(H,16,17)/b11-10+,13-3+. The number of carbonyl (C=O) groups excluding carboxylic acids is 1. The molecule has 1 N–H and O–H groups in total. The van der Waals surface area contributed by atoms with Crippen LogP contribution < -0.4 is 5.32 Å². The summed E-state index contributed by atoms with van der Waals surface area (Å²) in [4.78, 5) is 11.5. The Morgan fingerprint density at radius 1 is 1.24 bits per heavy atom. The van der Waals surface area contributed by atoms with E-state index in [2.05, 4.69) is 12.2 Å². The van der Waals surface area contributed by atoms with Crippen molar-refractivity contribution in [3.63, 3.8) is 0 Å². The molecule has 0 spiro atoms. The van der Waals surface area contributed by atoms with Crippen molar-refractivity contribution in [3.8, 4) is 0 Å². The summed E-state index contributed by atoms with van der Waals surface area (Å²) in [5, 5.41) is 2.85. The smallest absolute Gasteiger partial charge is 0.244 e. The van der Waals surface area contributed by atoms with Gasteiger partial charge in [-0.3, -0.25) is 4.79 Å². The SMILES string of the molecule is C/C=C(/C=C/C(=O)NCc1ccccc1)CC. The van der Waals surface area contributed by atoms with Crippen LogP contribution in [0.2, 0.25) is 0 Å². The van der Waals surface area contributed by atoms with Gasteiger partial charge in [0.1, 0.15) is 0 Å². The number of amides is 1. The van der Waals surface area contributed by atoms with Crippen molar-refractivity contribution in [1.29, 1.82) is 0 Å². The van der Waals surface area contributed by atoms with Crippen LogP contribution in [-0.4, -0.2) is 5.91 Å². The zero-order valence-corrected chi connectivity index (χ0v) is 10.4. The molecule has 0 aliphatic heterocycles. The van der Waals surface area contributed by atoms with Crippen molar-refractivity contribution < 1.29 is 4.79 Å². The first-order chi connectivity index (χ1) is 8.26. The van der Waals surface area contributed by atoms with Gasteiger partial charge in [0.05, 0.1) is 0 Å². The van der Waals surface area contributed by atoms with Crippen LogP contribution >= 0.6 is 0 Å². The average Bonchev–Trinajstić information content (AvgIpc) is 2.39. The first-order valence-corrected chi connectivity index (χ1v) is 5.91. The summed E-state index contributed by atoms with van der Waals surface area (Å²) < 4.78 is 0. The maximum Gasteiger partial charge on any atom is 0.244 e. The minimum atomic E-state index is -0.0540. The summed E-state index contributed by atoms with van der Waals surface area (Å²) in [6.07, 6.45) is 6.40. The first-order valence-electron chi connectivity index (χ1n) is 5.91. The van der Waals surface area contributed by atoms with E-state index >= 15 is 0 Å². The molecule has 0 saturated heterocycles. The molecule has 0 unspecified atom stereocenters. The lowest BCUT2D eigenvalue weighted by Gasteiger charge is -2.02. The lowest BCUT2D eigenvalue weighted by atomic mass is 10.2. The number of hydrogen-bond donors (Lipinski definition) is 1. The maximum atomic E-state index is 11.5. The fourth-order valence-electron chi connectivity index (χ4n) is 1.44. The van der Waals surface area contributed by atoms with Crippen LogP contribution in [-0.2, 0) is 11.3 Å². The molecule has 1 aromatic carbocycles. The lowest BCUT2D eigenvalue weighted by Crippen LogP contribution is -2.20. The Balaban J connectivity index is 2.41. The van der Waals surface area contributed by atoms with Gasteiger partial charge in [0.2, 0.25) is 5.91 Å². The van der Waals surface area contributed by atoms with Crippen LogP contribution in [0.15, 0.2) is 54.1 Å². The fraction of sp³-hybridized carbons (Fsp3) is 0.267. The summed E-state index contributed by atoms with van der Waals surface area (Å²) in [6, 6.07) is 9.88. The highest BCUT2D eigenvalue weighted by Crippen LogP contribution is 2.01. The Hall–Kier alpha value is -1.83. The van der Waals surface area contributed by atoms with Crippen LogP contribution in [0.1, 0.15) is 25.8 Å². The zero-order valence-electron chi connectivity index (χ0n) is 10.4. The molecular formula is C15H19NO. The minimum Gasteiger partial charge on any atom is -0.348 e. The Labute approximate surface area is 103 Å². The molecule has 1 amide bonds. The number of rotatable bonds is 5. The third-order valence-electron chi connectivity index (χ3n) is 2.54. The Morgan fingerprint density at radius 3 is 2.53 bits per heavy atom. The van der Waals surface area contributed by atoms with E-state index in [0.29, 0.717) is 6.54 Å². The summed E-state index contributed by atoms with van der Waals surface area (Å²) in [6.45, 7) is 4.62. The molecule has 0 saturated carbocycles. The topological polar surface area (TPSA) is 29.1 Å². The number of benzene rings is 1. The number of hydrogen-bond acceptors (Lipinski definition) is 1. The van der Waals surface area contributed by atoms with Gasteiger partial charge in [-0.05, 0) is 18.9 Å². The van der Waals surface area contributed by atoms with Crippen molar-refractivity contribution >= 4 is 5.91 Å². The quantitative estimate of drug-likeness (QED) is 0.609. The van der Waals surface area contributed by atoms with Gasteiger partial charge in [-0.15, -0.1) is 0 Å². The van der Waals surface area contributed by atoms with E-state index in [1.165, 1.54) is 5.57 Å². The second-order valence-electron chi connectivity index (χ2n) is 3.75. The van der Waals surface area contributed by atoms with Gasteiger partial charge in [-0.25, -0.2) is 0 Å². The van der Waals surface area contributed by atoms with Crippen molar-refractivity contribution in [2.75, 3.05) is 0 Å². The van der Waals surface area contributed by atoms with Gasteiger partial charge in [0.15, 0.2) is 0 Å². The summed E-state index contributed by atoms with van der Waals surface area (Å²) in [7, 11) is 0. The molecule has 90 valence electrons. The zero-order chi connectivity index (χ0) is 12.5. The van der Waals surface area contributed by atoms with Crippen molar-refractivity contribution in [2.24, 2.45) is 0 Å². The van der Waals surface area contributed by atoms with Crippen molar-refractivity contribution in [1.82, 2.24) is 5.32 Å². The number of carbonyl (C=O) groups is 1. The summed E-state index contributed by atoms with van der Waals surface area (Å²) in [5.41, 5.74) is 2.27. The van der Waals surface area contributed by atoms with Gasteiger partial charge < -0.3 is 5.32 Å². The van der Waals surface area contributed by atoms with E-state index in [0.717, 1.165) is 12.0 Å². The molecule has 0 fully saturated rings. The molecule has 1 aromatic rings. The molecule has 0 aliphatic rings. The van der Waals surface area contributed by atoms with Gasteiger partial charge in [0.25, 0.3) is 0 Å². The van der Waals surface area contributed by atoms with Crippen LogP contribution in [0.25, 0.3) is 0 Å². The molecular weight excluding hydrogens is 210 g/mol. The van der Waals surface area contributed by atoms with Crippen molar-refractivity contribution in [3.05, 3.63) is 59.7 Å². The molecule has 0 bridgehead atoms. The first kappa shape index (κ1) is 13.2. The molecule has 2 nitrogen and oxygen atoms in total. The monoisotopic (exact) mass is 229 g/mol. The maximum absolute atomic E-state index is 11.5. The molecule has 17 heavy (non-hydrogen) atoms. The van der Waals surface area contributed by atoms with E-state index in [1.807, 2.05) is 49.4 Å². The lowest BCUT2D eigenvalue weighted by molar-refractivity contribution is -0.116. The van der Waals surface area contributed by atoms with Crippen LogP contribution in [0.3, 0.4) is 0 Å². The van der Waals surface area contributed by atoms with Crippen molar-refractivity contribution in [2.45, 2.75) is 26.8 Å². The van der Waals surface area contributed by atoms with E-state index in [4.69, 9.17) is 0 Å². The molecule has 0 radical (unpaired) electrons. The number of allylic oxidation sites excluding steroid dienone is 3. The Bertz CT molecular complexity index is 404. The predicted molar refractivity (Wildman–Crippen MR) is 71.5 cm³/mol. The molecule has 0 heterocycles. The second kappa shape index (κ2) is 7.44. The third-order valence-corrected chi connectivity index (χ3v) is 2.54. The minimum absolute atomic E-state index is 0.0540. The van der Waals surface area contributed by atoms with E-state index in [-0.39, 0.29) is 5.91 Å². The number of nitrogens with one attached hydrogen (secondary N) is 1. The normalized spacial score (nSPS) is 11.8. The highest BCUT2D eigenvalue weighted by molar-refractivity contribution is 5.87. The summed E-state index contributed by atoms with van der Waals surface area (Å²) >= 11 is 0. The van der Waals surface area contributed by atoms with E-state index in [1.54, 1.807) is 6.08 Å².